The summed E-state index contributed by atoms with van der Waals surface area (Å²) in [5.74, 6) is -1.10. The van der Waals surface area contributed by atoms with E-state index in [4.69, 9.17) is 0 Å². The molecule has 1 aliphatic heterocycles. The van der Waals surface area contributed by atoms with Crippen molar-refractivity contribution in [3.8, 4) is 0 Å². The van der Waals surface area contributed by atoms with Gasteiger partial charge in [-0.2, -0.15) is 13.2 Å². The third kappa shape index (κ3) is 1.58. The van der Waals surface area contributed by atoms with E-state index >= 15 is 0 Å². The number of alkyl halides is 3. The Hall–Kier alpha value is -0.250. The molecule has 1 N–H and O–H groups in total. The van der Waals surface area contributed by atoms with Gasteiger partial charge in [0.2, 0.25) is 0 Å². The van der Waals surface area contributed by atoms with Gasteiger partial charge in [-0.05, 0) is 13.0 Å². The molecule has 1 atom stereocenters. The molecule has 1 heterocycles. The van der Waals surface area contributed by atoms with Crippen LogP contribution in [0.4, 0.5) is 13.2 Å². The third-order valence-corrected chi connectivity index (χ3v) is 1.52. The number of hydrogen-bond donors (Lipinski definition) is 1. The molecule has 4 heteroatoms. The van der Waals surface area contributed by atoms with E-state index < -0.39 is 12.1 Å². The average Bonchev–Trinajstić information content (AvgIpc) is 2.08. The van der Waals surface area contributed by atoms with Crippen LogP contribution in [-0.2, 0) is 0 Å². The maximum Gasteiger partial charge on any atom is 0.393 e. The summed E-state index contributed by atoms with van der Waals surface area (Å²) >= 11 is 0. The van der Waals surface area contributed by atoms with Crippen molar-refractivity contribution >= 4 is 0 Å². The summed E-state index contributed by atoms with van der Waals surface area (Å²) in [6.07, 6.45) is -3.74. The van der Waals surface area contributed by atoms with Gasteiger partial charge in [0, 0.05) is 6.54 Å². The summed E-state index contributed by atoms with van der Waals surface area (Å²) in [7, 11) is 0. The van der Waals surface area contributed by atoms with Crippen LogP contribution in [-0.4, -0.2) is 19.3 Å². The zero-order chi connectivity index (χ0) is 6.91. The minimum Gasteiger partial charge on any atom is -0.316 e. The summed E-state index contributed by atoms with van der Waals surface area (Å²) in [6, 6.07) is 0. The van der Waals surface area contributed by atoms with Crippen LogP contribution < -0.4 is 5.32 Å². The van der Waals surface area contributed by atoms with Gasteiger partial charge in [-0.1, -0.05) is 0 Å². The molecule has 0 aliphatic carbocycles. The van der Waals surface area contributed by atoms with Gasteiger partial charge in [0.05, 0.1) is 5.92 Å². The first-order valence-electron chi connectivity index (χ1n) is 2.88. The summed E-state index contributed by atoms with van der Waals surface area (Å²) in [5.41, 5.74) is 0. The number of rotatable bonds is 0. The fraction of sp³-hybridized carbons (Fsp3) is 1.00. The molecule has 0 bridgehead atoms. The number of halogens is 3. The van der Waals surface area contributed by atoms with Gasteiger partial charge < -0.3 is 5.32 Å². The predicted octanol–water partition coefficient (Wildman–Crippen LogP) is 1.16. The van der Waals surface area contributed by atoms with Crippen molar-refractivity contribution in [3.05, 3.63) is 0 Å². The van der Waals surface area contributed by atoms with Gasteiger partial charge in [0.1, 0.15) is 0 Å². The summed E-state index contributed by atoms with van der Waals surface area (Å²) in [5, 5.41) is 2.66. The van der Waals surface area contributed by atoms with Crippen molar-refractivity contribution in [2.24, 2.45) is 5.92 Å². The van der Waals surface area contributed by atoms with Crippen LogP contribution in [0.25, 0.3) is 0 Å². The van der Waals surface area contributed by atoms with Crippen LogP contribution in [0, 0.1) is 5.92 Å². The van der Waals surface area contributed by atoms with Crippen molar-refractivity contribution in [2.45, 2.75) is 12.6 Å². The Balaban J connectivity index is 2.42. The zero-order valence-electron chi connectivity index (χ0n) is 4.83. The lowest BCUT2D eigenvalue weighted by Crippen LogP contribution is -2.24. The molecule has 0 aromatic heterocycles. The molecule has 1 saturated heterocycles. The van der Waals surface area contributed by atoms with E-state index in [1.165, 1.54) is 0 Å². The Morgan fingerprint density at radius 1 is 1.33 bits per heavy atom. The molecule has 0 unspecified atom stereocenters. The van der Waals surface area contributed by atoms with Crippen molar-refractivity contribution < 1.29 is 13.2 Å². The Morgan fingerprint density at radius 2 is 2.00 bits per heavy atom. The van der Waals surface area contributed by atoms with Crippen LogP contribution in [0.5, 0.6) is 0 Å². The SMILES string of the molecule is FC(F)(F)[C@H]1CCNC1. The summed E-state index contributed by atoms with van der Waals surface area (Å²) < 4.78 is 35.2. The van der Waals surface area contributed by atoms with Crippen molar-refractivity contribution in [1.29, 1.82) is 0 Å². The molecule has 0 spiro atoms. The smallest absolute Gasteiger partial charge is 0.316 e. The molecular formula is C5H8F3N. The summed E-state index contributed by atoms with van der Waals surface area (Å²) in [4.78, 5) is 0. The lowest BCUT2D eigenvalue weighted by atomic mass is 10.1. The number of hydrogen-bond acceptors (Lipinski definition) is 1. The molecule has 1 nitrogen and oxygen atoms in total. The molecule has 1 aliphatic rings. The van der Waals surface area contributed by atoms with Crippen LogP contribution in [0.2, 0.25) is 0 Å². The molecule has 1 fully saturated rings. The van der Waals surface area contributed by atoms with Gasteiger partial charge in [-0.15, -0.1) is 0 Å². The predicted molar refractivity (Wildman–Crippen MR) is 27.0 cm³/mol. The van der Waals surface area contributed by atoms with Gasteiger partial charge >= 0.3 is 6.18 Å². The molecule has 0 radical (unpaired) electrons. The molecule has 0 aromatic rings. The first kappa shape index (κ1) is 6.86. The highest BCUT2D eigenvalue weighted by Gasteiger charge is 2.40. The highest BCUT2D eigenvalue weighted by atomic mass is 19.4. The van der Waals surface area contributed by atoms with Gasteiger partial charge in [0.15, 0.2) is 0 Å². The van der Waals surface area contributed by atoms with E-state index in [0.29, 0.717) is 6.54 Å². The molecular weight excluding hydrogens is 131 g/mol. The van der Waals surface area contributed by atoms with Gasteiger partial charge in [-0.25, -0.2) is 0 Å². The molecule has 0 aromatic carbocycles. The topological polar surface area (TPSA) is 12.0 Å². The van der Waals surface area contributed by atoms with Crippen molar-refractivity contribution in [3.63, 3.8) is 0 Å². The first-order chi connectivity index (χ1) is 4.11. The van der Waals surface area contributed by atoms with E-state index in [-0.39, 0.29) is 13.0 Å². The fourth-order valence-corrected chi connectivity index (χ4v) is 0.934. The van der Waals surface area contributed by atoms with Crippen LogP contribution in [0.3, 0.4) is 0 Å². The molecule has 0 amide bonds. The van der Waals surface area contributed by atoms with E-state index in [1.807, 2.05) is 0 Å². The van der Waals surface area contributed by atoms with Crippen molar-refractivity contribution in [1.82, 2.24) is 5.32 Å². The fourth-order valence-electron chi connectivity index (χ4n) is 0.934. The minimum absolute atomic E-state index is 0.101. The summed E-state index contributed by atoms with van der Waals surface area (Å²) in [6.45, 7) is 0.605. The zero-order valence-corrected chi connectivity index (χ0v) is 4.83. The second kappa shape index (κ2) is 2.17. The molecule has 54 valence electrons. The maximum atomic E-state index is 11.7. The quantitative estimate of drug-likeness (QED) is 0.531. The third-order valence-electron chi connectivity index (χ3n) is 1.52. The standard InChI is InChI=1S/C5H8F3N/c6-5(7,8)4-1-2-9-3-4/h4,9H,1-3H2/t4-/m0/s1. The minimum atomic E-state index is -3.98. The van der Waals surface area contributed by atoms with E-state index in [2.05, 4.69) is 5.32 Å². The van der Waals surface area contributed by atoms with Gasteiger partial charge in [0.25, 0.3) is 0 Å². The second-order valence-corrected chi connectivity index (χ2v) is 2.23. The molecule has 1 rings (SSSR count). The average molecular weight is 139 g/mol. The Morgan fingerprint density at radius 3 is 2.22 bits per heavy atom. The maximum absolute atomic E-state index is 11.7. The van der Waals surface area contributed by atoms with E-state index in [9.17, 15) is 13.2 Å². The molecule has 0 saturated carbocycles. The Bertz CT molecular complexity index is 92.9. The monoisotopic (exact) mass is 139 g/mol. The van der Waals surface area contributed by atoms with Crippen LogP contribution >= 0.6 is 0 Å². The van der Waals surface area contributed by atoms with Crippen LogP contribution in [0.15, 0.2) is 0 Å². The lowest BCUT2D eigenvalue weighted by molar-refractivity contribution is -0.168. The highest BCUT2D eigenvalue weighted by molar-refractivity contribution is 4.76. The van der Waals surface area contributed by atoms with E-state index in [1.54, 1.807) is 0 Å². The number of nitrogens with one attached hydrogen (secondary N) is 1. The van der Waals surface area contributed by atoms with E-state index in [0.717, 1.165) is 0 Å². The Kier molecular flexibility index (Phi) is 1.66. The molecule has 9 heavy (non-hydrogen) atoms. The highest BCUT2D eigenvalue weighted by Crippen LogP contribution is 2.29. The van der Waals surface area contributed by atoms with Crippen LogP contribution in [0.1, 0.15) is 6.42 Å². The normalized spacial score (nSPS) is 29.0. The first-order valence-corrected chi connectivity index (χ1v) is 2.88. The largest absolute Gasteiger partial charge is 0.393 e. The Labute approximate surface area is 51.2 Å². The van der Waals surface area contributed by atoms with Gasteiger partial charge in [-0.3, -0.25) is 0 Å². The second-order valence-electron chi connectivity index (χ2n) is 2.23. The van der Waals surface area contributed by atoms with Crippen molar-refractivity contribution in [2.75, 3.05) is 13.1 Å². The lowest BCUT2D eigenvalue weighted by Gasteiger charge is -2.11.